The van der Waals surface area contributed by atoms with Crippen molar-refractivity contribution in [2.24, 2.45) is 0 Å². The second-order valence-corrected chi connectivity index (χ2v) is 6.93. The van der Waals surface area contributed by atoms with Gasteiger partial charge in [-0.1, -0.05) is 60.2 Å². The molecule has 0 fully saturated rings. The van der Waals surface area contributed by atoms with Crippen LogP contribution in [0.15, 0.2) is 85.1 Å². The number of aromatic nitrogens is 3. The summed E-state index contributed by atoms with van der Waals surface area (Å²) in [5, 5.41) is 14.5. The summed E-state index contributed by atoms with van der Waals surface area (Å²) in [6, 6.07) is 26.2. The first-order valence-corrected chi connectivity index (χ1v) is 9.77. The molecule has 0 bridgehead atoms. The van der Waals surface area contributed by atoms with Crippen LogP contribution in [0, 0.1) is 6.92 Å². The molecule has 0 saturated heterocycles. The number of nitrogens with one attached hydrogen (secondary N) is 2. The summed E-state index contributed by atoms with van der Waals surface area (Å²) in [5.41, 5.74) is 4.43. The van der Waals surface area contributed by atoms with Crippen molar-refractivity contribution in [3.8, 4) is 5.75 Å². The lowest BCUT2D eigenvalue weighted by atomic mass is 10.1. The maximum absolute atomic E-state index is 5.82. The van der Waals surface area contributed by atoms with Gasteiger partial charge in [0.25, 0.3) is 0 Å². The first-order valence-electron chi connectivity index (χ1n) is 9.77. The summed E-state index contributed by atoms with van der Waals surface area (Å²) in [4.78, 5) is 4.47. The molecule has 0 radical (unpaired) electrons. The van der Waals surface area contributed by atoms with Crippen LogP contribution in [0.5, 0.6) is 5.75 Å². The Kier molecular flexibility index (Phi) is 6.15. The van der Waals surface area contributed by atoms with Crippen molar-refractivity contribution >= 4 is 17.5 Å². The Morgan fingerprint density at radius 3 is 2.37 bits per heavy atom. The Hall–Kier alpha value is -3.93. The molecule has 1 aromatic heterocycles. The van der Waals surface area contributed by atoms with Gasteiger partial charge < -0.3 is 15.4 Å². The Morgan fingerprint density at radius 2 is 1.60 bits per heavy atom. The predicted molar refractivity (Wildman–Crippen MR) is 119 cm³/mol. The van der Waals surface area contributed by atoms with Gasteiger partial charge in [0.15, 0.2) is 5.82 Å². The fourth-order valence-corrected chi connectivity index (χ4v) is 2.85. The SMILES string of the molecule is Cc1ccc(CNc2nncc(Nc3ccc(OCc4ccccc4)cc3)n2)cc1. The molecule has 1 heterocycles. The quantitative estimate of drug-likeness (QED) is 0.430. The summed E-state index contributed by atoms with van der Waals surface area (Å²) in [6.45, 7) is 3.25. The van der Waals surface area contributed by atoms with E-state index in [2.05, 4.69) is 57.0 Å². The highest BCUT2D eigenvalue weighted by atomic mass is 16.5. The van der Waals surface area contributed by atoms with Gasteiger partial charge in [0.05, 0.1) is 6.20 Å². The summed E-state index contributed by atoms with van der Waals surface area (Å²) in [5.74, 6) is 1.91. The standard InChI is InChI=1S/C24H23N5O/c1-18-7-9-19(10-8-18)15-25-24-28-23(16-26-29-24)27-21-11-13-22(14-12-21)30-17-20-5-3-2-4-6-20/h2-14,16H,15,17H2,1H3,(H2,25,27,28,29). The van der Waals surface area contributed by atoms with Gasteiger partial charge in [-0.15, -0.1) is 5.10 Å². The number of aryl methyl sites for hydroxylation is 1. The van der Waals surface area contributed by atoms with Gasteiger partial charge in [-0.25, -0.2) is 0 Å². The minimum atomic E-state index is 0.475. The zero-order valence-corrected chi connectivity index (χ0v) is 16.7. The normalized spacial score (nSPS) is 10.4. The molecule has 4 rings (SSSR count). The van der Waals surface area contributed by atoms with E-state index in [0.717, 1.165) is 22.6 Å². The van der Waals surface area contributed by atoms with Gasteiger partial charge >= 0.3 is 0 Å². The number of hydrogen-bond acceptors (Lipinski definition) is 6. The highest BCUT2D eigenvalue weighted by Crippen LogP contribution is 2.20. The molecule has 0 aliphatic rings. The van der Waals surface area contributed by atoms with E-state index in [1.165, 1.54) is 5.56 Å². The minimum absolute atomic E-state index is 0.475. The summed E-state index contributed by atoms with van der Waals surface area (Å²) in [6.07, 6.45) is 1.59. The molecule has 3 aromatic carbocycles. The van der Waals surface area contributed by atoms with Crippen LogP contribution in [-0.2, 0) is 13.2 Å². The maximum atomic E-state index is 5.82. The molecule has 150 valence electrons. The number of anilines is 3. The lowest BCUT2D eigenvalue weighted by molar-refractivity contribution is 0.306. The fourth-order valence-electron chi connectivity index (χ4n) is 2.85. The van der Waals surface area contributed by atoms with Crippen LogP contribution in [0.2, 0.25) is 0 Å². The van der Waals surface area contributed by atoms with Crippen LogP contribution >= 0.6 is 0 Å². The average molecular weight is 397 g/mol. The van der Waals surface area contributed by atoms with Crippen molar-refractivity contribution in [1.82, 2.24) is 15.2 Å². The molecule has 0 aliphatic heterocycles. The lowest BCUT2D eigenvalue weighted by Gasteiger charge is -2.09. The third-order valence-corrected chi connectivity index (χ3v) is 4.51. The Labute approximate surface area is 176 Å². The lowest BCUT2D eigenvalue weighted by Crippen LogP contribution is -2.06. The first kappa shape index (κ1) is 19.4. The third-order valence-electron chi connectivity index (χ3n) is 4.51. The number of rotatable bonds is 8. The fraction of sp³-hybridized carbons (Fsp3) is 0.125. The Morgan fingerprint density at radius 1 is 0.833 bits per heavy atom. The maximum Gasteiger partial charge on any atom is 0.244 e. The monoisotopic (exact) mass is 397 g/mol. The molecule has 4 aromatic rings. The zero-order valence-electron chi connectivity index (χ0n) is 16.7. The van der Waals surface area contributed by atoms with E-state index in [-0.39, 0.29) is 0 Å². The van der Waals surface area contributed by atoms with Gasteiger partial charge in [-0.3, -0.25) is 0 Å². The van der Waals surface area contributed by atoms with Crippen molar-refractivity contribution in [3.05, 3.63) is 102 Å². The second kappa shape index (κ2) is 9.52. The summed E-state index contributed by atoms with van der Waals surface area (Å²) < 4.78 is 5.82. The van der Waals surface area contributed by atoms with E-state index < -0.39 is 0 Å². The molecule has 0 saturated carbocycles. The van der Waals surface area contributed by atoms with Crippen molar-refractivity contribution in [2.45, 2.75) is 20.1 Å². The Bertz CT molecular complexity index is 1070. The molecular weight excluding hydrogens is 374 g/mol. The van der Waals surface area contributed by atoms with Gasteiger partial charge in [0, 0.05) is 12.2 Å². The molecule has 30 heavy (non-hydrogen) atoms. The molecule has 0 aliphatic carbocycles. The molecule has 0 unspecified atom stereocenters. The smallest absolute Gasteiger partial charge is 0.244 e. The van der Waals surface area contributed by atoms with Gasteiger partial charge in [0.1, 0.15) is 12.4 Å². The van der Waals surface area contributed by atoms with Crippen molar-refractivity contribution in [3.63, 3.8) is 0 Å². The van der Waals surface area contributed by atoms with E-state index in [9.17, 15) is 0 Å². The van der Waals surface area contributed by atoms with Crippen molar-refractivity contribution < 1.29 is 4.74 Å². The molecule has 0 spiro atoms. The van der Waals surface area contributed by atoms with E-state index in [0.29, 0.717) is 24.9 Å². The van der Waals surface area contributed by atoms with Crippen LogP contribution in [0.3, 0.4) is 0 Å². The van der Waals surface area contributed by atoms with Crippen LogP contribution in [0.4, 0.5) is 17.5 Å². The van der Waals surface area contributed by atoms with Crippen LogP contribution in [-0.4, -0.2) is 15.2 Å². The van der Waals surface area contributed by atoms with E-state index in [4.69, 9.17) is 4.74 Å². The molecule has 2 N–H and O–H groups in total. The largest absolute Gasteiger partial charge is 0.489 e. The average Bonchev–Trinajstić information content (AvgIpc) is 2.79. The van der Waals surface area contributed by atoms with Crippen molar-refractivity contribution in [2.75, 3.05) is 10.6 Å². The zero-order chi connectivity index (χ0) is 20.6. The van der Waals surface area contributed by atoms with Gasteiger partial charge in [-0.2, -0.15) is 10.1 Å². The van der Waals surface area contributed by atoms with Crippen molar-refractivity contribution in [1.29, 1.82) is 0 Å². The Balaban J connectivity index is 1.32. The first-order chi connectivity index (χ1) is 14.7. The van der Waals surface area contributed by atoms with Crippen LogP contribution < -0.4 is 15.4 Å². The number of ether oxygens (including phenoxy) is 1. The molecule has 6 nitrogen and oxygen atoms in total. The highest BCUT2D eigenvalue weighted by Gasteiger charge is 2.03. The predicted octanol–water partition coefficient (Wildman–Crippen LogP) is 5.11. The topological polar surface area (TPSA) is 72.0 Å². The van der Waals surface area contributed by atoms with E-state index in [1.807, 2.05) is 54.6 Å². The number of hydrogen-bond donors (Lipinski definition) is 2. The minimum Gasteiger partial charge on any atom is -0.489 e. The van der Waals surface area contributed by atoms with Crippen LogP contribution in [0.1, 0.15) is 16.7 Å². The number of benzene rings is 3. The van der Waals surface area contributed by atoms with Gasteiger partial charge in [-0.05, 0) is 42.3 Å². The molecule has 0 atom stereocenters. The van der Waals surface area contributed by atoms with Crippen LogP contribution in [0.25, 0.3) is 0 Å². The molecule has 6 heteroatoms. The molecular formula is C24H23N5O. The van der Waals surface area contributed by atoms with Gasteiger partial charge in [0.2, 0.25) is 5.95 Å². The summed E-state index contributed by atoms with van der Waals surface area (Å²) >= 11 is 0. The van der Waals surface area contributed by atoms with E-state index in [1.54, 1.807) is 6.20 Å². The third kappa shape index (κ3) is 5.54. The number of nitrogens with zero attached hydrogens (tertiary/aromatic N) is 3. The molecule has 0 amide bonds. The van der Waals surface area contributed by atoms with E-state index >= 15 is 0 Å². The second-order valence-electron chi connectivity index (χ2n) is 6.93. The highest BCUT2D eigenvalue weighted by molar-refractivity contribution is 5.57. The summed E-state index contributed by atoms with van der Waals surface area (Å²) in [7, 11) is 0.